The second-order valence-corrected chi connectivity index (χ2v) is 4.36. The molecule has 0 aliphatic rings. The van der Waals surface area contributed by atoms with E-state index < -0.39 is 5.82 Å². The van der Waals surface area contributed by atoms with E-state index in [-0.39, 0.29) is 16.4 Å². The van der Waals surface area contributed by atoms with Gasteiger partial charge >= 0.3 is 0 Å². The van der Waals surface area contributed by atoms with Crippen molar-refractivity contribution in [1.82, 2.24) is 9.78 Å². The highest BCUT2D eigenvalue weighted by Gasteiger charge is 2.18. The van der Waals surface area contributed by atoms with E-state index in [0.29, 0.717) is 5.69 Å². The van der Waals surface area contributed by atoms with Gasteiger partial charge in [-0.3, -0.25) is 9.48 Å². The van der Waals surface area contributed by atoms with Gasteiger partial charge in [0, 0.05) is 12.6 Å². The third kappa shape index (κ3) is 2.29. The highest BCUT2D eigenvalue weighted by atomic mass is 35.5. The number of rotatable bonds is 3. The van der Waals surface area contributed by atoms with Gasteiger partial charge < -0.3 is 0 Å². The van der Waals surface area contributed by atoms with E-state index in [1.54, 1.807) is 13.1 Å². The summed E-state index contributed by atoms with van der Waals surface area (Å²) in [6.07, 6.45) is 0.734. The third-order valence-electron chi connectivity index (χ3n) is 2.70. The van der Waals surface area contributed by atoms with E-state index in [0.717, 1.165) is 18.2 Å². The number of aromatic nitrogens is 2. The molecule has 0 atom stereocenters. The van der Waals surface area contributed by atoms with Crippen molar-refractivity contribution in [2.24, 2.45) is 7.05 Å². The van der Waals surface area contributed by atoms with Crippen molar-refractivity contribution < 1.29 is 9.18 Å². The fourth-order valence-electron chi connectivity index (χ4n) is 1.72. The van der Waals surface area contributed by atoms with Crippen LogP contribution in [-0.2, 0) is 13.5 Å². The molecule has 2 aromatic rings. The molecule has 0 amide bonds. The summed E-state index contributed by atoms with van der Waals surface area (Å²) >= 11 is 5.92. The molecule has 0 bridgehead atoms. The minimum Gasteiger partial charge on any atom is -0.287 e. The number of carbonyl (C=O) groups excluding carboxylic acids is 1. The lowest BCUT2D eigenvalue weighted by molar-refractivity contribution is 0.103. The van der Waals surface area contributed by atoms with E-state index >= 15 is 0 Å². The van der Waals surface area contributed by atoms with E-state index in [1.165, 1.54) is 16.8 Å². The highest BCUT2D eigenvalue weighted by molar-refractivity contribution is 6.34. The zero-order valence-electron chi connectivity index (χ0n) is 10.1. The Morgan fingerprint density at radius 1 is 1.44 bits per heavy atom. The molecule has 0 saturated carbocycles. The van der Waals surface area contributed by atoms with E-state index in [4.69, 9.17) is 11.6 Å². The van der Waals surface area contributed by atoms with Gasteiger partial charge in [-0.25, -0.2) is 4.39 Å². The molecule has 1 aromatic carbocycles. The monoisotopic (exact) mass is 266 g/mol. The van der Waals surface area contributed by atoms with Crippen molar-refractivity contribution in [3.63, 3.8) is 0 Å². The minimum atomic E-state index is -0.486. The Bertz CT molecular complexity index is 607. The number of hydrogen-bond acceptors (Lipinski definition) is 2. The van der Waals surface area contributed by atoms with Crippen LogP contribution >= 0.6 is 11.6 Å². The van der Waals surface area contributed by atoms with E-state index in [2.05, 4.69) is 5.10 Å². The molecule has 0 N–H and O–H groups in total. The topological polar surface area (TPSA) is 34.9 Å². The molecule has 94 valence electrons. The number of benzene rings is 1. The average Bonchev–Trinajstić information content (AvgIpc) is 2.73. The first-order valence-corrected chi connectivity index (χ1v) is 5.93. The van der Waals surface area contributed by atoms with Gasteiger partial charge in [0.15, 0.2) is 0 Å². The summed E-state index contributed by atoms with van der Waals surface area (Å²) in [5, 5.41) is 4.42. The second-order valence-electron chi connectivity index (χ2n) is 3.95. The Labute approximate surface area is 109 Å². The molecular weight excluding hydrogens is 255 g/mol. The number of halogens is 2. The fourth-order valence-corrected chi connectivity index (χ4v) is 1.92. The molecule has 3 nitrogen and oxygen atoms in total. The van der Waals surface area contributed by atoms with Crippen LogP contribution in [0, 0.1) is 5.82 Å². The van der Waals surface area contributed by atoms with Crippen LogP contribution in [0.25, 0.3) is 0 Å². The normalized spacial score (nSPS) is 10.7. The summed E-state index contributed by atoms with van der Waals surface area (Å²) in [6.45, 7) is 1.95. The summed E-state index contributed by atoms with van der Waals surface area (Å²) in [4.78, 5) is 12.3. The van der Waals surface area contributed by atoms with Gasteiger partial charge in [-0.15, -0.1) is 0 Å². The minimum absolute atomic E-state index is 0.155. The Hall–Kier alpha value is -1.68. The number of nitrogens with zero attached hydrogens (tertiary/aromatic N) is 2. The van der Waals surface area contributed by atoms with Gasteiger partial charge in [-0.2, -0.15) is 5.10 Å². The molecule has 0 fully saturated rings. The molecular formula is C13H12ClFN2O. The predicted octanol–water partition coefficient (Wildman–Crippen LogP) is 3.01. The standard InChI is InChI=1S/C13H12ClFN2O/c1-3-9-7-12(17(2)16-9)13(18)10-6-8(15)4-5-11(10)14/h4-7H,3H2,1-2H3. The molecule has 0 saturated heterocycles. The van der Waals surface area contributed by atoms with Crippen LogP contribution in [0.3, 0.4) is 0 Å². The first kappa shape index (κ1) is 12.8. The molecule has 2 rings (SSSR count). The summed E-state index contributed by atoms with van der Waals surface area (Å²) in [7, 11) is 1.68. The quantitative estimate of drug-likeness (QED) is 0.801. The second kappa shape index (κ2) is 4.90. The molecule has 0 unspecified atom stereocenters. The summed E-state index contributed by atoms with van der Waals surface area (Å²) < 4.78 is 14.7. The molecule has 0 aliphatic carbocycles. The van der Waals surface area contributed by atoms with Gasteiger partial charge in [0.2, 0.25) is 5.78 Å². The first-order chi connectivity index (χ1) is 8.52. The zero-order valence-corrected chi connectivity index (χ0v) is 10.8. The summed E-state index contributed by atoms with van der Waals surface area (Å²) in [5.74, 6) is -0.810. The van der Waals surface area contributed by atoms with Crippen LogP contribution in [-0.4, -0.2) is 15.6 Å². The van der Waals surface area contributed by atoms with Gasteiger partial charge in [0.25, 0.3) is 0 Å². The van der Waals surface area contributed by atoms with Crippen LogP contribution in [0.2, 0.25) is 5.02 Å². The largest absolute Gasteiger partial charge is 0.287 e. The number of carbonyl (C=O) groups is 1. The third-order valence-corrected chi connectivity index (χ3v) is 3.03. The Balaban J connectivity index is 2.47. The maximum Gasteiger partial charge on any atom is 0.212 e. The van der Waals surface area contributed by atoms with Crippen molar-refractivity contribution in [3.8, 4) is 0 Å². The predicted molar refractivity (Wildman–Crippen MR) is 67.4 cm³/mol. The number of ketones is 1. The lowest BCUT2D eigenvalue weighted by atomic mass is 10.1. The van der Waals surface area contributed by atoms with E-state index in [1.807, 2.05) is 6.92 Å². The van der Waals surface area contributed by atoms with E-state index in [9.17, 15) is 9.18 Å². The molecule has 0 spiro atoms. The van der Waals surface area contributed by atoms with Crippen molar-refractivity contribution in [2.45, 2.75) is 13.3 Å². The van der Waals surface area contributed by atoms with Crippen LogP contribution < -0.4 is 0 Å². The van der Waals surface area contributed by atoms with Crippen LogP contribution in [0.1, 0.15) is 28.7 Å². The molecule has 1 aromatic heterocycles. The van der Waals surface area contributed by atoms with Crippen molar-refractivity contribution >= 4 is 17.4 Å². The zero-order chi connectivity index (χ0) is 13.3. The molecule has 5 heteroatoms. The van der Waals surface area contributed by atoms with Crippen LogP contribution in [0.5, 0.6) is 0 Å². The Morgan fingerprint density at radius 3 is 2.78 bits per heavy atom. The average molecular weight is 267 g/mol. The number of hydrogen-bond donors (Lipinski definition) is 0. The maximum absolute atomic E-state index is 13.2. The van der Waals surface area contributed by atoms with Crippen LogP contribution in [0.15, 0.2) is 24.3 Å². The Morgan fingerprint density at radius 2 is 2.17 bits per heavy atom. The van der Waals surface area contributed by atoms with Gasteiger partial charge in [-0.1, -0.05) is 18.5 Å². The highest BCUT2D eigenvalue weighted by Crippen LogP contribution is 2.21. The fraction of sp³-hybridized carbons (Fsp3) is 0.231. The first-order valence-electron chi connectivity index (χ1n) is 5.55. The lowest BCUT2D eigenvalue weighted by Gasteiger charge is -2.03. The summed E-state index contributed by atoms with van der Waals surface area (Å²) in [5.41, 5.74) is 1.37. The molecule has 18 heavy (non-hydrogen) atoms. The van der Waals surface area contributed by atoms with Gasteiger partial charge in [-0.05, 0) is 30.7 Å². The lowest BCUT2D eigenvalue weighted by Crippen LogP contribution is -2.09. The van der Waals surface area contributed by atoms with Gasteiger partial charge in [0.05, 0.1) is 10.7 Å². The van der Waals surface area contributed by atoms with Crippen LogP contribution in [0.4, 0.5) is 4.39 Å². The number of aryl methyl sites for hydroxylation is 2. The summed E-state index contributed by atoms with van der Waals surface area (Å²) in [6, 6.07) is 5.44. The SMILES string of the molecule is CCc1cc(C(=O)c2cc(F)ccc2Cl)n(C)n1. The smallest absolute Gasteiger partial charge is 0.212 e. The van der Waals surface area contributed by atoms with Crippen molar-refractivity contribution in [1.29, 1.82) is 0 Å². The molecule has 0 aliphatic heterocycles. The van der Waals surface area contributed by atoms with Gasteiger partial charge in [0.1, 0.15) is 11.5 Å². The maximum atomic E-state index is 13.2. The Kier molecular flexibility index (Phi) is 3.48. The molecule has 0 radical (unpaired) electrons. The van der Waals surface area contributed by atoms with Crippen molar-refractivity contribution in [3.05, 3.63) is 52.1 Å². The molecule has 1 heterocycles. The van der Waals surface area contributed by atoms with Crippen molar-refractivity contribution in [2.75, 3.05) is 0 Å².